The number of H-pyrrole nitrogens is 1. The van der Waals surface area contributed by atoms with Crippen LogP contribution in [0, 0.1) is 6.92 Å². The Morgan fingerprint density at radius 2 is 2.28 bits per heavy atom. The number of esters is 1. The number of carbonyl (C=O) groups excluding carboxylic acids is 1. The molecule has 0 fully saturated rings. The second kappa shape index (κ2) is 4.44. The van der Waals surface area contributed by atoms with Gasteiger partial charge in [0.25, 0.3) is 5.56 Å². The number of aromatic nitrogens is 3. The summed E-state index contributed by atoms with van der Waals surface area (Å²) in [4.78, 5) is 33.3. The molecule has 2 aromatic rings. The van der Waals surface area contributed by atoms with Crippen LogP contribution in [-0.2, 0) is 4.74 Å². The monoisotopic (exact) mass is 249 g/mol. The van der Waals surface area contributed by atoms with E-state index in [0.717, 1.165) is 0 Å². The van der Waals surface area contributed by atoms with Gasteiger partial charge in [-0.15, -0.1) is 0 Å². The van der Waals surface area contributed by atoms with E-state index in [1.165, 1.54) is 6.20 Å². The molecule has 7 nitrogen and oxygen atoms in total. The third-order valence-corrected chi connectivity index (χ3v) is 2.33. The number of fused-ring (bicyclic) bond motifs is 1. The van der Waals surface area contributed by atoms with Crippen molar-refractivity contribution in [1.29, 1.82) is 0 Å². The van der Waals surface area contributed by atoms with E-state index in [-0.39, 0.29) is 23.2 Å². The van der Waals surface area contributed by atoms with Crippen molar-refractivity contribution in [3.05, 3.63) is 28.1 Å². The highest BCUT2D eigenvalue weighted by Gasteiger charge is 2.19. The molecule has 0 aliphatic carbocycles. The van der Waals surface area contributed by atoms with Crippen molar-refractivity contribution in [3.63, 3.8) is 0 Å². The van der Waals surface area contributed by atoms with Crippen molar-refractivity contribution < 1.29 is 14.6 Å². The second-order valence-electron chi connectivity index (χ2n) is 3.58. The number of aryl methyl sites for hydroxylation is 1. The fraction of sp³-hybridized carbons (Fsp3) is 0.273. The van der Waals surface area contributed by atoms with Gasteiger partial charge in [-0.1, -0.05) is 0 Å². The summed E-state index contributed by atoms with van der Waals surface area (Å²) < 4.78 is 4.73. The third-order valence-electron chi connectivity index (χ3n) is 2.33. The summed E-state index contributed by atoms with van der Waals surface area (Å²) in [6, 6.07) is 0. The van der Waals surface area contributed by atoms with Gasteiger partial charge < -0.3 is 14.8 Å². The first-order chi connectivity index (χ1) is 8.54. The summed E-state index contributed by atoms with van der Waals surface area (Å²) in [5.41, 5.74) is -0.812. The van der Waals surface area contributed by atoms with Gasteiger partial charge >= 0.3 is 5.97 Å². The smallest absolute Gasteiger partial charge is 0.358 e. The normalized spacial score (nSPS) is 10.6. The van der Waals surface area contributed by atoms with Crippen LogP contribution in [-0.4, -0.2) is 32.6 Å². The van der Waals surface area contributed by atoms with Gasteiger partial charge in [-0.2, -0.15) is 0 Å². The number of nitrogens with one attached hydrogen (secondary N) is 1. The van der Waals surface area contributed by atoms with Gasteiger partial charge in [0.15, 0.2) is 11.4 Å². The van der Waals surface area contributed by atoms with E-state index in [1.807, 2.05) is 0 Å². The lowest BCUT2D eigenvalue weighted by Gasteiger charge is -2.06. The van der Waals surface area contributed by atoms with Crippen molar-refractivity contribution in [1.82, 2.24) is 15.0 Å². The molecule has 0 atom stereocenters. The van der Waals surface area contributed by atoms with Crippen LogP contribution < -0.4 is 5.56 Å². The Morgan fingerprint density at radius 1 is 1.56 bits per heavy atom. The minimum absolute atomic E-state index is 0.0364. The molecule has 18 heavy (non-hydrogen) atoms. The van der Waals surface area contributed by atoms with Crippen molar-refractivity contribution in [2.24, 2.45) is 0 Å². The first-order valence-corrected chi connectivity index (χ1v) is 5.30. The zero-order chi connectivity index (χ0) is 13.3. The summed E-state index contributed by atoms with van der Waals surface area (Å²) in [6.45, 7) is 3.38. The average Bonchev–Trinajstić information content (AvgIpc) is 2.33. The molecule has 0 saturated carbocycles. The maximum absolute atomic E-state index is 11.7. The summed E-state index contributed by atoms with van der Waals surface area (Å²) in [5, 5.41) is 10.1. The van der Waals surface area contributed by atoms with Gasteiger partial charge in [-0.05, 0) is 13.8 Å². The molecule has 0 bridgehead atoms. The van der Waals surface area contributed by atoms with Gasteiger partial charge in [-0.25, -0.2) is 14.8 Å². The van der Waals surface area contributed by atoms with Crippen LogP contribution in [0.1, 0.15) is 23.2 Å². The van der Waals surface area contributed by atoms with Crippen LogP contribution in [0.4, 0.5) is 0 Å². The molecule has 0 unspecified atom stereocenters. The Hall–Kier alpha value is -2.44. The number of hydrogen-bond donors (Lipinski definition) is 2. The SMILES string of the molecule is CCOC(=O)c1[nH]c(=O)c2cnc(C)nc2c1O. The maximum Gasteiger partial charge on any atom is 0.358 e. The molecule has 0 saturated heterocycles. The number of carbonyl (C=O) groups is 1. The van der Waals surface area contributed by atoms with Gasteiger partial charge in [0.1, 0.15) is 11.3 Å². The molecule has 0 amide bonds. The molecule has 0 radical (unpaired) electrons. The topological polar surface area (TPSA) is 105 Å². The van der Waals surface area contributed by atoms with Gasteiger partial charge in [0.2, 0.25) is 0 Å². The minimum atomic E-state index is -0.801. The maximum atomic E-state index is 11.7. The molecule has 2 rings (SSSR count). The van der Waals surface area contributed by atoms with Crippen molar-refractivity contribution in [2.75, 3.05) is 6.61 Å². The predicted octanol–water partition coefficient (Wildman–Crippen LogP) is 0.509. The molecular weight excluding hydrogens is 238 g/mol. The summed E-state index contributed by atoms with van der Waals surface area (Å²) in [7, 11) is 0. The first kappa shape index (κ1) is 12.0. The molecule has 2 aromatic heterocycles. The average molecular weight is 249 g/mol. The van der Waals surface area contributed by atoms with Crippen molar-refractivity contribution in [2.45, 2.75) is 13.8 Å². The van der Waals surface area contributed by atoms with E-state index >= 15 is 0 Å². The molecule has 0 aliphatic rings. The van der Waals surface area contributed by atoms with Gasteiger partial charge in [0.05, 0.1) is 12.0 Å². The summed E-state index contributed by atoms with van der Waals surface area (Å²) in [6.07, 6.45) is 1.30. The summed E-state index contributed by atoms with van der Waals surface area (Å²) in [5.74, 6) is -0.822. The summed E-state index contributed by atoms with van der Waals surface area (Å²) >= 11 is 0. The van der Waals surface area contributed by atoms with Crippen LogP contribution >= 0.6 is 0 Å². The number of ether oxygens (including phenoxy) is 1. The largest absolute Gasteiger partial charge is 0.504 e. The van der Waals surface area contributed by atoms with E-state index < -0.39 is 17.3 Å². The lowest BCUT2D eigenvalue weighted by molar-refractivity contribution is 0.0516. The Bertz CT molecular complexity index is 678. The number of pyridine rings is 1. The lowest BCUT2D eigenvalue weighted by atomic mass is 10.2. The highest BCUT2D eigenvalue weighted by molar-refractivity contribution is 5.97. The molecule has 0 spiro atoms. The standard InChI is InChI=1S/C11H11N3O4/c1-3-18-11(17)8-9(15)7-6(10(16)14-8)4-12-5(2)13-7/h4,15H,3H2,1-2H3,(H,14,16). The zero-order valence-corrected chi connectivity index (χ0v) is 9.85. The van der Waals surface area contributed by atoms with Crippen molar-refractivity contribution >= 4 is 16.9 Å². The van der Waals surface area contributed by atoms with E-state index in [0.29, 0.717) is 5.82 Å². The highest BCUT2D eigenvalue weighted by atomic mass is 16.5. The van der Waals surface area contributed by atoms with Crippen LogP contribution in [0.3, 0.4) is 0 Å². The number of aromatic hydroxyl groups is 1. The number of rotatable bonds is 2. The van der Waals surface area contributed by atoms with E-state index in [4.69, 9.17) is 4.74 Å². The fourth-order valence-electron chi connectivity index (χ4n) is 1.53. The van der Waals surface area contributed by atoms with Crippen LogP contribution in [0.15, 0.2) is 11.0 Å². The Labute approximate surface area is 101 Å². The van der Waals surface area contributed by atoms with Crippen LogP contribution in [0.5, 0.6) is 5.75 Å². The minimum Gasteiger partial charge on any atom is -0.504 e. The molecule has 0 aliphatic heterocycles. The van der Waals surface area contributed by atoms with Crippen LogP contribution in [0.2, 0.25) is 0 Å². The van der Waals surface area contributed by atoms with E-state index in [1.54, 1.807) is 13.8 Å². The van der Waals surface area contributed by atoms with E-state index in [2.05, 4.69) is 15.0 Å². The Balaban J connectivity index is 2.75. The van der Waals surface area contributed by atoms with Crippen molar-refractivity contribution in [3.8, 4) is 5.75 Å². The zero-order valence-electron chi connectivity index (χ0n) is 9.85. The van der Waals surface area contributed by atoms with Crippen LogP contribution in [0.25, 0.3) is 10.9 Å². The lowest BCUT2D eigenvalue weighted by Crippen LogP contribution is -2.16. The Kier molecular flexibility index (Phi) is 2.97. The molecular formula is C11H11N3O4. The molecule has 0 aromatic carbocycles. The third kappa shape index (κ3) is 1.90. The van der Waals surface area contributed by atoms with Gasteiger partial charge in [-0.3, -0.25) is 4.79 Å². The molecule has 2 N–H and O–H groups in total. The van der Waals surface area contributed by atoms with E-state index in [9.17, 15) is 14.7 Å². The predicted molar refractivity (Wildman–Crippen MR) is 62.5 cm³/mol. The number of hydrogen-bond acceptors (Lipinski definition) is 6. The fourth-order valence-corrected chi connectivity index (χ4v) is 1.53. The second-order valence-corrected chi connectivity index (χ2v) is 3.58. The van der Waals surface area contributed by atoms with Gasteiger partial charge in [0, 0.05) is 6.20 Å². The quantitative estimate of drug-likeness (QED) is 0.751. The number of aromatic amines is 1. The number of nitrogens with zero attached hydrogens (tertiary/aromatic N) is 2. The Morgan fingerprint density at radius 3 is 2.94 bits per heavy atom. The molecule has 94 valence electrons. The first-order valence-electron chi connectivity index (χ1n) is 5.30. The molecule has 7 heteroatoms. The molecule has 2 heterocycles. The highest BCUT2D eigenvalue weighted by Crippen LogP contribution is 2.22.